The Labute approximate surface area is 204 Å². The van der Waals surface area contributed by atoms with E-state index in [-0.39, 0.29) is 23.7 Å². The zero-order valence-corrected chi connectivity index (χ0v) is 20.2. The predicted octanol–water partition coefficient (Wildman–Crippen LogP) is 4.06. The predicted molar refractivity (Wildman–Crippen MR) is 133 cm³/mol. The summed E-state index contributed by atoms with van der Waals surface area (Å²) in [5, 5.41) is 4.94. The summed E-state index contributed by atoms with van der Waals surface area (Å²) in [4.78, 5) is 24.1. The van der Waals surface area contributed by atoms with E-state index in [1.54, 1.807) is 43.3 Å². The average molecular weight is 498 g/mol. The number of carbonyl (C=O) groups is 2. The maximum Gasteiger partial charge on any atom is 0.407 e. The molecule has 184 valence electrons. The number of amides is 2. The molecule has 10 heteroatoms. The number of hydrogen-bond acceptors (Lipinski definition) is 6. The molecule has 0 aliphatic heterocycles. The van der Waals surface area contributed by atoms with Crippen molar-refractivity contribution in [1.82, 2.24) is 5.32 Å². The Morgan fingerprint density at radius 3 is 2.29 bits per heavy atom. The van der Waals surface area contributed by atoms with Gasteiger partial charge in [-0.25, -0.2) is 13.2 Å². The number of nitrogens with one attached hydrogen (secondary N) is 3. The number of benzene rings is 3. The van der Waals surface area contributed by atoms with Gasteiger partial charge in [0.1, 0.15) is 18.9 Å². The molecule has 0 aliphatic carbocycles. The van der Waals surface area contributed by atoms with Gasteiger partial charge in [0, 0.05) is 11.4 Å². The van der Waals surface area contributed by atoms with Crippen LogP contribution in [0.1, 0.15) is 18.1 Å². The highest BCUT2D eigenvalue weighted by Crippen LogP contribution is 2.24. The van der Waals surface area contributed by atoms with Crippen LogP contribution in [0.2, 0.25) is 0 Å². The Kier molecular flexibility index (Phi) is 8.69. The molecule has 2 amide bonds. The van der Waals surface area contributed by atoms with Crippen molar-refractivity contribution in [2.24, 2.45) is 0 Å². The first-order valence-corrected chi connectivity index (χ1v) is 12.4. The molecule has 3 N–H and O–H groups in total. The molecule has 3 aromatic carbocycles. The molecule has 3 aromatic rings. The van der Waals surface area contributed by atoms with Gasteiger partial charge < -0.3 is 20.1 Å². The van der Waals surface area contributed by atoms with Crippen LogP contribution in [-0.2, 0) is 26.2 Å². The maximum absolute atomic E-state index is 12.9. The van der Waals surface area contributed by atoms with Crippen LogP contribution in [0.15, 0.2) is 77.7 Å². The quantitative estimate of drug-likeness (QED) is 0.388. The number of sulfonamides is 1. The number of anilines is 2. The van der Waals surface area contributed by atoms with Gasteiger partial charge in [0.25, 0.3) is 10.0 Å². The van der Waals surface area contributed by atoms with E-state index in [2.05, 4.69) is 15.4 Å². The SMILES string of the molecule is CCOc1ccc(NS(=O)(=O)c2cc(NC(=O)CNC(=O)OCc3ccccc3)ccc2C)cc1. The van der Waals surface area contributed by atoms with Crippen LogP contribution in [0.25, 0.3) is 0 Å². The van der Waals surface area contributed by atoms with Crippen molar-refractivity contribution in [3.8, 4) is 5.75 Å². The van der Waals surface area contributed by atoms with E-state index in [0.717, 1.165) is 5.56 Å². The third-order valence-corrected chi connectivity index (χ3v) is 6.31. The second-order valence-electron chi connectivity index (χ2n) is 7.51. The molecule has 0 spiro atoms. The number of rotatable bonds is 10. The summed E-state index contributed by atoms with van der Waals surface area (Å²) in [5.41, 5.74) is 1.97. The second-order valence-corrected chi connectivity index (χ2v) is 9.16. The lowest BCUT2D eigenvalue weighted by molar-refractivity contribution is -0.115. The fourth-order valence-corrected chi connectivity index (χ4v) is 4.43. The highest BCUT2D eigenvalue weighted by molar-refractivity contribution is 7.92. The monoisotopic (exact) mass is 497 g/mol. The summed E-state index contributed by atoms with van der Waals surface area (Å²) in [6.45, 7) is 3.76. The van der Waals surface area contributed by atoms with Gasteiger partial charge in [0.05, 0.1) is 11.5 Å². The lowest BCUT2D eigenvalue weighted by atomic mass is 10.2. The van der Waals surface area contributed by atoms with Crippen molar-refractivity contribution >= 4 is 33.4 Å². The minimum atomic E-state index is -3.92. The summed E-state index contributed by atoms with van der Waals surface area (Å²) in [5.74, 6) is 0.0993. The van der Waals surface area contributed by atoms with Gasteiger partial charge in [-0.2, -0.15) is 0 Å². The van der Waals surface area contributed by atoms with Crippen LogP contribution < -0.4 is 20.1 Å². The Morgan fingerprint density at radius 1 is 0.914 bits per heavy atom. The molecule has 0 aromatic heterocycles. The average Bonchev–Trinajstić information content (AvgIpc) is 2.84. The zero-order chi connectivity index (χ0) is 25.3. The number of carbonyl (C=O) groups excluding carboxylic acids is 2. The molecule has 0 fully saturated rings. The molecule has 0 aliphatic rings. The van der Waals surface area contributed by atoms with Crippen LogP contribution in [-0.4, -0.2) is 33.6 Å². The second kappa shape index (κ2) is 11.9. The molecule has 9 nitrogen and oxygen atoms in total. The van der Waals surface area contributed by atoms with Crippen molar-refractivity contribution in [1.29, 1.82) is 0 Å². The minimum absolute atomic E-state index is 0.0133. The number of ether oxygens (including phenoxy) is 2. The van der Waals surface area contributed by atoms with Crippen molar-refractivity contribution in [2.75, 3.05) is 23.2 Å². The number of aryl methyl sites for hydroxylation is 1. The highest BCUT2D eigenvalue weighted by atomic mass is 32.2. The topological polar surface area (TPSA) is 123 Å². The van der Waals surface area contributed by atoms with E-state index in [0.29, 0.717) is 23.6 Å². The van der Waals surface area contributed by atoms with Crippen LogP contribution in [0.4, 0.5) is 16.2 Å². The molecule has 3 rings (SSSR count). The standard InChI is InChI=1S/C25H27N3O6S/c1-3-33-22-13-11-20(12-14-22)28-35(31,32)23-15-21(10-9-18(23)2)27-24(29)16-26-25(30)34-17-19-7-5-4-6-8-19/h4-15,28H,3,16-17H2,1-2H3,(H,26,30)(H,27,29). The van der Waals surface area contributed by atoms with Crippen LogP contribution in [0, 0.1) is 6.92 Å². The summed E-state index contributed by atoms with van der Waals surface area (Å²) in [6, 6.07) is 20.2. The molecular formula is C25H27N3O6S. The minimum Gasteiger partial charge on any atom is -0.494 e. The normalized spacial score (nSPS) is 10.8. The van der Waals surface area contributed by atoms with E-state index < -0.39 is 22.0 Å². The van der Waals surface area contributed by atoms with Gasteiger partial charge in [-0.05, 0) is 61.4 Å². The third-order valence-electron chi connectivity index (χ3n) is 4.78. The molecule has 0 unspecified atom stereocenters. The van der Waals surface area contributed by atoms with E-state index in [1.807, 2.05) is 37.3 Å². The summed E-state index contributed by atoms with van der Waals surface area (Å²) < 4.78 is 38.8. The van der Waals surface area contributed by atoms with Crippen LogP contribution >= 0.6 is 0 Å². The Balaban J connectivity index is 1.57. The van der Waals surface area contributed by atoms with Gasteiger partial charge in [-0.1, -0.05) is 36.4 Å². The molecule has 0 atom stereocenters. The number of alkyl carbamates (subject to hydrolysis) is 1. The molecule has 0 saturated carbocycles. The van der Waals surface area contributed by atoms with Gasteiger partial charge >= 0.3 is 6.09 Å². The molecule has 0 bridgehead atoms. The first kappa shape index (κ1) is 25.6. The molecule has 35 heavy (non-hydrogen) atoms. The molecule has 0 heterocycles. The smallest absolute Gasteiger partial charge is 0.407 e. The van der Waals surface area contributed by atoms with Gasteiger partial charge in [0.2, 0.25) is 5.91 Å². The highest BCUT2D eigenvalue weighted by Gasteiger charge is 2.18. The lowest BCUT2D eigenvalue weighted by Gasteiger charge is -2.13. The molecule has 0 radical (unpaired) electrons. The van der Waals surface area contributed by atoms with Gasteiger partial charge in [-0.3, -0.25) is 9.52 Å². The van der Waals surface area contributed by atoms with E-state index in [1.165, 1.54) is 6.07 Å². The maximum atomic E-state index is 12.9. The fraction of sp³-hybridized carbons (Fsp3) is 0.200. The Bertz CT molecular complexity index is 1260. The summed E-state index contributed by atoms with van der Waals surface area (Å²) >= 11 is 0. The van der Waals surface area contributed by atoms with Crippen molar-refractivity contribution < 1.29 is 27.5 Å². The van der Waals surface area contributed by atoms with Crippen molar-refractivity contribution in [2.45, 2.75) is 25.3 Å². The zero-order valence-electron chi connectivity index (χ0n) is 19.4. The van der Waals surface area contributed by atoms with E-state index in [4.69, 9.17) is 9.47 Å². The first-order valence-electron chi connectivity index (χ1n) is 10.9. The van der Waals surface area contributed by atoms with E-state index in [9.17, 15) is 18.0 Å². The van der Waals surface area contributed by atoms with Crippen LogP contribution in [0.3, 0.4) is 0 Å². The number of hydrogen-bond donors (Lipinski definition) is 3. The van der Waals surface area contributed by atoms with Gasteiger partial charge in [0.15, 0.2) is 0 Å². The van der Waals surface area contributed by atoms with E-state index >= 15 is 0 Å². The largest absolute Gasteiger partial charge is 0.494 e. The Morgan fingerprint density at radius 2 is 1.60 bits per heavy atom. The van der Waals surface area contributed by atoms with Crippen LogP contribution in [0.5, 0.6) is 5.75 Å². The Hall–Kier alpha value is -4.05. The summed E-state index contributed by atoms with van der Waals surface area (Å²) in [7, 11) is -3.92. The summed E-state index contributed by atoms with van der Waals surface area (Å²) in [6.07, 6.45) is -0.740. The lowest BCUT2D eigenvalue weighted by Crippen LogP contribution is -2.33. The fourth-order valence-electron chi connectivity index (χ4n) is 3.10. The molecule has 0 saturated heterocycles. The van der Waals surface area contributed by atoms with Crippen molar-refractivity contribution in [3.63, 3.8) is 0 Å². The first-order chi connectivity index (χ1) is 16.8. The van der Waals surface area contributed by atoms with Crippen molar-refractivity contribution in [3.05, 3.63) is 83.9 Å². The van der Waals surface area contributed by atoms with Gasteiger partial charge in [-0.15, -0.1) is 0 Å². The molecular weight excluding hydrogens is 470 g/mol. The third kappa shape index (κ3) is 7.75.